The number of rotatable bonds is 6. The van der Waals surface area contributed by atoms with E-state index in [9.17, 15) is 9.59 Å². The van der Waals surface area contributed by atoms with E-state index >= 15 is 0 Å². The average Bonchev–Trinajstić information content (AvgIpc) is 3.36. The molecule has 180 valence electrons. The molecule has 0 bridgehead atoms. The van der Waals surface area contributed by atoms with Crippen molar-refractivity contribution in [2.75, 3.05) is 20.1 Å². The van der Waals surface area contributed by atoms with Crippen LogP contribution in [0.1, 0.15) is 56.4 Å². The zero-order chi connectivity index (χ0) is 24.4. The van der Waals surface area contributed by atoms with Gasteiger partial charge in [0.2, 0.25) is 0 Å². The fourth-order valence-corrected chi connectivity index (χ4v) is 5.05. The average molecular weight is 464 g/mol. The zero-order valence-electron chi connectivity index (χ0n) is 20.6. The maximum Gasteiger partial charge on any atom is 0.272 e. The van der Waals surface area contributed by atoms with Gasteiger partial charge < -0.3 is 14.3 Å². The molecule has 1 atom stereocenters. The summed E-state index contributed by atoms with van der Waals surface area (Å²) in [6, 6.07) is 12.1. The Hall–Kier alpha value is -3.42. The van der Waals surface area contributed by atoms with Crippen LogP contribution in [0, 0.1) is 26.7 Å². The number of likely N-dealkylation sites (tertiary alicyclic amines) is 1. The predicted molar refractivity (Wildman–Crippen MR) is 129 cm³/mol. The van der Waals surface area contributed by atoms with Crippen LogP contribution in [0.2, 0.25) is 0 Å². The number of aromatic nitrogens is 3. The molecule has 8 nitrogen and oxygen atoms in total. The van der Waals surface area contributed by atoms with Gasteiger partial charge >= 0.3 is 0 Å². The molecule has 1 aliphatic heterocycles. The quantitative estimate of drug-likeness (QED) is 0.558. The fourth-order valence-electron chi connectivity index (χ4n) is 5.05. The second-order valence-electron chi connectivity index (χ2n) is 9.30. The highest BCUT2D eigenvalue weighted by molar-refractivity contribution is 5.96. The lowest BCUT2D eigenvalue weighted by atomic mass is 9.84. The first-order valence-electron chi connectivity index (χ1n) is 11.8. The highest BCUT2D eigenvalue weighted by Crippen LogP contribution is 2.29. The Labute approximate surface area is 200 Å². The second-order valence-corrected chi connectivity index (χ2v) is 9.30. The van der Waals surface area contributed by atoms with Crippen molar-refractivity contribution in [3.05, 3.63) is 70.4 Å². The highest BCUT2D eigenvalue weighted by Gasteiger charge is 2.35. The van der Waals surface area contributed by atoms with Gasteiger partial charge in [-0.2, -0.15) is 5.10 Å². The summed E-state index contributed by atoms with van der Waals surface area (Å²) in [7, 11) is 3.69. The number of likely N-dealkylation sites (N-methyl/N-ethyl adjacent to an activating group) is 1. The SMILES string of the molecule is Cc1cc(C(=O)N(C)[C@@H](Cc2ccccc2)C2CCN(C(=O)c3c(C)noc3C)CC2)n(C)n1. The van der Waals surface area contributed by atoms with Gasteiger partial charge in [0, 0.05) is 33.2 Å². The summed E-state index contributed by atoms with van der Waals surface area (Å²) >= 11 is 0. The minimum absolute atomic E-state index is 0.0152. The molecule has 2 aromatic heterocycles. The Bertz CT molecular complexity index is 1140. The van der Waals surface area contributed by atoms with Gasteiger partial charge in [0.1, 0.15) is 17.0 Å². The fraction of sp³-hybridized carbons (Fsp3) is 0.462. The summed E-state index contributed by atoms with van der Waals surface area (Å²) in [4.78, 5) is 30.3. The van der Waals surface area contributed by atoms with Crippen LogP contribution in [0.4, 0.5) is 0 Å². The van der Waals surface area contributed by atoms with Gasteiger partial charge in [-0.05, 0) is 57.6 Å². The van der Waals surface area contributed by atoms with Crippen LogP contribution in [-0.4, -0.2) is 62.7 Å². The number of aryl methyl sites for hydroxylation is 4. The summed E-state index contributed by atoms with van der Waals surface area (Å²) < 4.78 is 6.85. The van der Waals surface area contributed by atoms with Crippen LogP contribution in [0.25, 0.3) is 0 Å². The van der Waals surface area contributed by atoms with E-state index in [1.54, 1.807) is 25.6 Å². The molecule has 1 aliphatic rings. The zero-order valence-corrected chi connectivity index (χ0v) is 20.6. The number of piperidine rings is 1. The molecule has 1 fully saturated rings. The maximum absolute atomic E-state index is 13.4. The summed E-state index contributed by atoms with van der Waals surface area (Å²) in [5.41, 5.74) is 3.80. The highest BCUT2D eigenvalue weighted by atomic mass is 16.5. The van der Waals surface area contributed by atoms with Crippen LogP contribution in [0.15, 0.2) is 40.9 Å². The van der Waals surface area contributed by atoms with Crippen LogP contribution in [0.3, 0.4) is 0 Å². The number of hydrogen-bond donors (Lipinski definition) is 0. The molecule has 2 amide bonds. The van der Waals surface area contributed by atoms with Crippen molar-refractivity contribution >= 4 is 11.8 Å². The molecule has 1 aromatic carbocycles. The number of hydrogen-bond acceptors (Lipinski definition) is 5. The van der Waals surface area contributed by atoms with Crippen molar-refractivity contribution in [3.8, 4) is 0 Å². The van der Waals surface area contributed by atoms with Gasteiger partial charge in [0.25, 0.3) is 11.8 Å². The van der Waals surface area contributed by atoms with Gasteiger partial charge in [-0.3, -0.25) is 14.3 Å². The summed E-state index contributed by atoms with van der Waals surface area (Å²) in [6.07, 6.45) is 2.42. The van der Waals surface area contributed by atoms with E-state index in [1.165, 1.54) is 5.56 Å². The first kappa shape index (κ1) is 23.7. The summed E-state index contributed by atoms with van der Waals surface area (Å²) in [6.45, 7) is 6.75. The largest absolute Gasteiger partial charge is 0.361 e. The topological polar surface area (TPSA) is 84.5 Å². The molecular weight excluding hydrogens is 430 g/mol. The van der Waals surface area contributed by atoms with Crippen LogP contribution in [0.5, 0.6) is 0 Å². The Morgan fingerprint density at radius 3 is 2.38 bits per heavy atom. The van der Waals surface area contributed by atoms with Crippen LogP contribution in [-0.2, 0) is 13.5 Å². The Morgan fingerprint density at radius 2 is 1.82 bits per heavy atom. The lowest BCUT2D eigenvalue weighted by Crippen LogP contribution is -2.48. The monoisotopic (exact) mass is 463 g/mol. The molecule has 0 unspecified atom stereocenters. The van der Waals surface area contributed by atoms with Gasteiger partial charge in [0.05, 0.1) is 11.4 Å². The Morgan fingerprint density at radius 1 is 1.15 bits per heavy atom. The predicted octanol–water partition coefficient (Wildman–Crippen LogP) is 3.57. The molecule has 0 N–H and O–H groups in total. The molecule has 8 heteroatoms. The minimum atomic E-state index is -0.0294. The van der Waals surface area contributed by atoms with Crippen molar-refractivity contribution in [1.29, 1.82) is 0 Å². The second kappa shape index (κ2) is 9.83. The molecule has 4 rings (SSSR count). The molecule has 3 aromatic rings. The Balaban J connectivity index is 1.52. The molecule has 0 spiro atoms. The number of nitrogens with zero attached hydrogens (tertiary/aromatic N) is 5. The van der Waals surface area contributed by atoms with E-state index < -0.39 is 0 Å². The molecule has 34 heavy (non-hydrogen) atoms. The number of carbonyl (C=O) groups excluding carboxylic acids is 2. The van der Waals surface area contributed by atoms with Gasteiger partial charge in [-0.15, -0.1) is 0 Å². The maximum atomic E-state index is 13.4. The summed E-state index contributed by atoms with van der Waals surface area (Å²) in [5, 5.41) is 8.28. The van der Waals surface area contributed by atoms with Gasteiger partial charge in [-0.1, -0.05) is 35.5 Å². The lowest BCUT2D eigenvalue weighted by Gasteiger charge is -2.40. The molecule has 0 radical (unpaired) electrons. The normalized spacial score (nSPS) is 15.4. The van der Waals surface area contributed by atoms with E-state index in [4.69, 9.17) is 4.52 Å². The van der Waals surface area contributed by atoms with Crippen molar-refractivity contribution in [3.63, 3.8) is 0 Å². The van der Waals surface area contributed by atoms with E-state index in [0.29, 0.717) is 35.8 Å². The lowest BCUT2D eigenvalue weighted by molar-refractivity contribution is 0.0515. The molecule has 1 saturated heterocycles. The summed E-state index contributed by atoms with van der Waals surface area (Å²) in [5.74, 6) is 0.780. The third kappa shape index (κ3) is 4.76. The van der Waals surface area contributed by atoms with Gasteiger partial charge in [-0.25, -0.2) is 0 Å². The van der Waals surface area contributed by atoms with Crippen molar-refractivity contribution in [2.24, 2.45) is 13.0 Å². The first-order chi connectivity index (χ1) is 16.3. The Kier molecular flexibility index (Phi) is 6.86. The third-order valence-electron chi connectivity index (χ3n) is 6.94. The van der Waals surface area contributed by atoms with E-state index in [0.717, 1.165) is 25.0 Å². The van der Waals surface area contributed by atoms with Gasteiger partial charge in [0.15, 0.2) is 0 Å². The first-order valence-corrected chi connectivity index (χ1v) is 11.8. The number of amides is 2. The van der Waals surface area contributed by atoms with Crippen molar-refractivity contribution < 1.29 is 14.1 Å². The van der Waals surface area contributed by atoms with E-state index in [1.807, 2.05) is 48.0 Å². The van der Waals surface area contributed by atoms with E-state index in [2.05, 4.69) is 22.4 Å². The molecule has 0 aliphatic carbocycles. The molecule has 0 saturated carbocycles. The van der Waals surface area contributed by atoms with E-state index in [-0.39, 0.29) is 23.8 Å². The standard InChI is InChI=1S/C26H33N5O3/c1-17-15-23(30(5)27-17)25(32)29(4)22(16-20-9-7-6-8-10-20)21-11-13-31(14-12-21)26(33)24-18(2)28-34-19(24)3/h6-10,15,21-22H,11-14,16H2,1-5H3/t22-/m0/s1. The van der Waals surface area contributed by atoms with Crippen molar-refractivity contribution in [2.45, 2.75) is 46.1 Å². The van der Waals surface area contributed by atoms with Crippen LogP contribution < -0.4 is 0 Å². The number of carbonyl (C=O) groups is 2. The molecule has 3 heterocycles. The number of benzene rings is 1. The third-order valence-corrected chi connectivity index (χ3v) is 6.94. The minimum Gasteiger partial charge on any atom is -0.361 e. The van der Waals surface area contributed by atoms with Crippen LogP contribution >= 0.6 is 0 Å². The smallest absolute Gasteiger partial charge is 0.272 e. The van der Waals surface area contributed by atoms with Crippen molar-refractivity contribution in [1.82, 2.24) is 24.7 Å². The molecular formula is C26H33N5O3.